The highest BCUT2D eigenvalue weighted by molar-refractivity contribution is 6.01. The number of aryl methyl sites for hydroxylation is 4. The average Bonchev–Trinajstić information content (AvgIpc) is 1.13. The van der Waals surface area contributed by atoms with Crippen molar-refractivity contribution in [3.8, 4) is 23.0 Å². The van der Waals surface area contributed by atoms with E-state index in [1.165, 1.54) is 47.2 Å². The fourth-order valence-corrected chi connectivity index (χ4v) is 13.6. The Morgan fingerprint density at radius 1 is 0.345 bits per heavy atom. The van der Waals surface area contributed by atoms with Crippen LogP contribution in [0.15, 0.2) is 200 Å². The first-order chi connectivity index (χ1) is 54.8. The van der Waals surface area contributed by atoms with Gasteiger partial charge in [-0.15, -0.1) is 0 Å². The molecule has 2 aliphatic rings. The molecule has 0 unspecified atom stereocenters. The summed E-state index contributed by atoms with van der Waals surface area (Å²) in [5.41, 5.74) is 19.7. The van der Waals surface area contributed by atoms with Crippen molar-refractivity contribution in [1.82, 2.24) is 9.97 Å². The first-order valence-electron chi connectivity index (χ1n) is 40.3. The van der Waals surface area contributed by atoms with Crippen molar-refractivity contribution in [3.63, 3.8) is 0 Å². The van der Waals surface area contributed by atoms with Crippen molar-refractivity contribution in [2.24, 2.45) is 0 Å². The van der Waals surface area contributed by atoms with Gasteiger partial charge in [0.25, 0.3) is 0 Å². The molecule has 116 heavy (non-hydrogen) atoms. The summed E-state index contributed by atoms with van der Waals surface area (Å²) < 4.78 is 22.4. The molecule has 0 radical (unpaired) electrons. The molecule has 17 heteroatoms. The predicted molar refractivity (Wildman–Crippen MR) is 472 cm³/mol. The summed E-state index contributed by atoms with van der Waals surface area (Å²) in [7, 11) is 0. The number of ether oxygens (including phenoxy) is 4. The Kier molecular flexibility index (Phi) is 28.2. The molecule has 7 N–H and O–H groups in total. The summed E-state index contributed by atoms with van der Waals surface area (Å²) in [5, 5.41) is 16.6. The van der Waals surface area contributed by atoms with E-state index in [4.69, 9.17) is 18.9 Å². The van der Waals surface area contributed by atoms with Gasteiger partial charge in [0.1, 0.15) is 26.4 Å². The number of nitrogens with one attached hydrogen (secondary N) is 7. The predicted octanol–water partition coefficient (Wildman–Crippen LogP) is 22.1. The molecule has 11 aromatic rings. The lowest BCUT2D eigenvalue weighted by molar-refractivity contribution is -0.117. The number of ketones is 1. The maximum Gasteiger partial charge on any atom is 0.225 e. The molecule has 4 heterocycles. The lowest BCUT2D eigenvalue weighted by Gasteiger charge is -2.24. The minimum Gasteiger partial charge on any atom is -0.486 e. The molecule has 13 rings (SSSR count). The summed E-state index contributed by atoms with van der Waals surface area (Å²) in [5.74, 6) is 2.07. The molecule has 9 aromatic carbocycles. The number of H-pyrrole nitrogens is 2. The highest BCUT2D eigenvalue weighted by atomic mass is 16.6. The van der Waals surface area contributed by atoms with E-state index in [9.17, 15) is 28.8 Å². The third-order valence-electron chi connectivity index (χ3n) is 20.5. The lowest BCUT2D eigenvalue weighted by Crippen LogP contribution is -2.19. The number of carbonyl (C=O) groups is 6. The van der Waals surface area contributed by atoms with Crippen LogP contribution in [0.25, 0.3) is 21.8 Å². The number of hydrogen-bond donors (Lipinski definition) is 7. The third-order valence-corrected chi connectivity index (χ3v) is 20.5. The SMILES string of the molecule is CC(=O)Nc1cc2c(cc1NC(=O)CCc1ccc(C(C)(C)C)cc1)OCCO2.CC(=O)c1cc2cc(NC(=O)CCc3ccc(C(C)(C)C)cc3)ccc2[nH]1.CC(C)(C)c1ccc(C(CC(=O)Nc2ccc3c(c2)OCCO3)c2ccc(C(C)(C)C)cc2)cc1.Cc1cc2cc(NC(=O)CCc3ccc(C(C)(C)C)cc3)ccc2[nH]1. The summed E-state index contributed by atoms with van der Waals surface area (Å²) in [6.07, 6.45) is 3.69. The van der Waals surface area contributed by atoms with Crippen LogP contribution in [0.3, 0.4) is 0 Å². The molecule has 2 aliphatic heterocycles. The average molecular weight is 1570 g/mol. The van der Waals surface area contributed by atoms with Gasteiger partial charge in [0.2, 0.25) is 29.5 Å². The first-order valence-corrected chi connectivity index (χ1v) is 40.3. The van der Waals surface area contributed by atoms with Gasteiger partial charge in [0.15, 0.2) is 28.8 Å². The van der Waals surface area contributed by atoms with Gasteiger partial charge in [0.05, 0.1) is 17.1 Å². The monoisotopic (exact) mass is 1560 g/mol. The van der Waals surface area contributed by atoms with Gasteiger partial charge in [-0.2, -0.15) is 0 Å². The number of aromatic nitrogens is 2. The molecule has 608 valence electrons. The van der Waals surface area contributed by atoms with E-state index in [-0.39, 0.29) is 68.3 Å². The van der Waals surface area contributed by atoms with Crippen molar-refractivity contribution < 1.29 is 47.7 Å². The largest absolute Gasteiger partial charge is 0.486 e. The van der Waals surface area contributed by atoms with E-state index in [1.54, 1.807) is 12.1 Å². The summed E-state index contributed by atoms with van der Waals surface area (Å²) in [4.78, 5) is 79.6. The van der Waals surface area contributed by atoms with Crippen LogP contribution in [0.5, 0.6) is 23.0 Å². The molecule has 0 aliphatic carbocycles. The van der Waals surface area contributed by atoms with Gasteiger partial charge in [-0.05, 0) is 170 Å². The second kappa shape index (κ2) is 37.7. The van der Waals surface area contributed by atoms with Crippen LogP contribution >= 0.6 is 0 Å². The van der Waals surface area contributed by atoms with E-state index in [0.29, 0.717) is 111 Å². The maximum atomic E-state index is 13.2. The first kappa shape index (κ1) is 86.7. The molecule has 0 fully saturated rings. The van der Waals surface area contributed by atoms with Crippen LogP contribution in [-0.4, -0.2) is 71.7 Å². The topological polar surface area (TPSA) is 231 Å². The highest BCUT2D eigenvalue weighted by Crippen LogP contribution is 2.40. The van der Waals surface area contributed by atoms with Crippen LogP contribution in [0.2, 0.25) is 0 Å². The van der Waals surface area contributed by atoms with Crippen LogP contribution in [0.4, 0.5) is 28.4 Å². The van der Waals surface area contributed by atoms with Crippen LogP contribution in [0, 0.1) is 6.92 Å². The van der Waals surface area contributed by atoms with Crippen molar-refractivity contribution in [1.29, 1.82) is 0 Å². The van der Waals surface area contributed by atoms with Crippen LogP contribution < -0.4 is 45.5 Å². The Hall–Kier alpha value is -11.7. The molecule has 17 nitrogen and oxygen atoms in total. The van der Waals surface area contributed by atoms with Gasteiger partial charge in [-0.25, -0.2) is 0 Å². The Morgan fingerprint density at radius 2 is 0.672 bits per heavy atom. The van der Waals surface area contributed by atoms with E-state index >= 15 is 0 Å². The van der Waals surface area contributed by atoms with Crippen molar-refractivity contribution in [3.05, 3.63) is 267 Å². The number of aromatic amines is 2. The second-order valence-electron chi connectivity index (χ2n) is 35.4. The molecular weight excluding hydrogens is 1450 g/mol. The van der Waals surface area contributed by atoms with Gasteiger partial charge in [-0.3, -0.25) is 28.8 Å². The zero-order chi connectivity index (χ0) is 83.9. The quantitative estimate of drug-likeness (QED) is 0.0379. The van der Waals surface area contributed by atoms with Gasteiger partial charge < -0.3 is 55.5 Å². The van der Waals surface area contributed by atoms with E-state index in [2.05, 4.69) is 268 Å². The van der Waals surface area contributed by atoms with Crippen molar-refractivity contribution in [2.45, 2.75) is 203 Å². The van der Waals surface area contributed by atoms with E-state index in [1.807, 2.05) is 67.6 Å². The normalized spacial score (nSPS) is 12.5. The van der Waals surface area contributed by atoms with Gasteiger partial charge in [-0.1, -0.05) is 225 Å². The maximum absolute atomic E-state index is 13.2. The molecule has 5 amide bonds. The van der Waals surface area contributed by atoms with Crippen LogP contribution in [0.1, 0.15) is 221 Å². The number of anilines is 5. The Balaban J connectivity index is 0.000000165. The minimum absolute atomic E-state index is 0.00531. The zero-order valence-corrected chi connectivity index (χ0v) is 71.0. The number of Topliss-reactive ketones (excluding diaryl/α,β-unsaturated/α-hetero) is 1. The number of carbonyl (C=O) groups excluding carboxylic acids is 6. The molecule has 2 aromatic heterocycles. The number of benzene rings is 9. The molecule has 0 bridgehead atoms. The standard InChI is InChI=1S/C31H37NO3.C23H28N2O4.C23H26N2O2.C22H26N2O/c1-30(2,3)23-11-7-21(8-12-23)26(22-9-13-24(14-10-22)31(4,5)6)20-29(33)32-25-15-16-27-28(19-25)35-18-17-34-27;1-15(26)24-18-13-20-21(29-12-11-28-20)14-19(18)25-22(27)10-7-16-5-8-17(9-6-16)23(2,3)4;1-15(26)21-14-17-13-19(10-11-20(17)25-21)24-22(27)12-7-16-5-8-18(9-6-16)23(2,3)4;1-15-13-17-14-19(10-11-20(17)23-15)24-21(25)12-7-16-5-8-18(9-6-16)22(2,3)4/h7-16,19,26H,17-18,20H2,1-6H3,(H,32,33);5-6,8-9,13-14H,7,10-12H2,1-4H3,(H,24,26)(H,25,27);5-6,8-11,13-14,25H,7,12H2,1-4H3,(H,24,27);5-6,8-11,13-14,23H,7,12H2,1-4H3,(H,24,25). The molecular formula is C99H117N7O10. The van der Waals surface area contributed by atoms with E-state index in [0.717, 1.165) is 67.5 Å². The van der Waals surface area contributed by atoms with Crippen LogP contribution in [-0.2, 0) is 70.3 Å². The fourth-order valence-electron chi connectivity index (χ4n) is 13.6. The summed E-state index contributed by atoms with van der Waals surface area (Å²) in [6.45, 7) is 39.9. The molecule has 0 spiro atoms. The Bertz CT molecular complexity index is 5180. The molecule has 0 saturated carbocycles. The summed E-state index contributed by atoms with van der Waals surface area (Å²) >= 11 is 0. The van der Waals surface area contributed by atoms with Crippen molar-refractivity contribution >= 4 is 85.6 Å². The molecule has 0 saturated heterocycles. The third kappa shape index (κ3) is 25.1. The lowest BCUT2D eigenvalue weighted by atomic mass is 9.82. The number of amides is 5. The Morgan fingerprint density at radius 3 is 1.06 bits per heavy atom. The highest BCUT2D eigenvalue weighted by Gasteiger charge is 2.25. The number of fused-ring (bicyclic) bond motifs is 4. The smallest absolute Gasteiger partial charge is 0.225 e. The summed E-state index contributed by atoms with van der Waals surface area (Å²) in [6, 6.07) is 67.2. The number of hydrogen-bond acceptors (Lipinski definition) is 10. The van der Waals surface area contributed by atoms with Gasteiger partial charge >= 0.3 is 0 Å². The van der Waals surface area contributed by atoms with E-state index < -0.39 is 0 Å². The zero-order valence-electron chi connectivity index (χ0n) is 71.0. The second-order valence-corrected chi connectivity index (χ2v) is 35.4. The minimum atomic E-state index is -0.226. The molecule has 0 atom stereocenters. The Labute approximate surface area is 685 Å². The van der Waals surface area contributed by atoms with Crippen molar-refractivity contribution in [2.75, 3.05) is 53.0 Å². The van der Waals surface area contributed by atoms with Gasteiger partial charge in [0, 0.05) is 108 Å². The fraction of sp³-hybridized carbons (Fsp3) is 0.354. The number of rotatable bonds is 19.